The fraction of sp³-hybridized carbons (Fsp3) is 0.727. The van der Waals surface area contributed by atoms with Crippen LogP contribution in [0.25, 0.3) is 0 Å². The van der Waals surface area contributed by atoms with Crippen molar-refractivity contribution >= 4 is 15.9 Å². The fourth-order valence-corrected chi connectivity index (χ4v) is 2.41. The molecule has 1 rings (SSSR count). The number of aliphatic hydroxyl groups is 1. The molecule has 0 saturated heterocycles. The number of aryl methyl sites for hydroxylation is 1. The van der Waals surface area contributed by atoms with Crippen molar-refractivity contribution in [3.63, 3.8) is 0 Å². The van der Waals surface area contributed by atoms with Crippen molar-refractivity contribution in [2.24, 2.45) is 5.92 Å². The zero-order valence-corrected chi connectivity index (χ0v) is 11.2. The Kier molecular flexibility index (Phi) is 4.80. The third-order valence-corrected chi connectivity index (χ3v) is 3.52. The summed E-state index contributed by atoms with van der Waals surface area (Å²) in [6.07, 6.45) is 3.31. The first kappa shape index (κ1) is 12.7. The monoisotopic (exact) mass is 274 g/mol. The second-order valence-electron chi connectivity index (χ2n) is 3.71. The Labute approximate surface area is 99.6 Å². The van der Waals surface area contributed by atoms with E-state index in [2.05, 4.69) is 34.9 Å². The predicted molar refractivity (Wildman–Crippen MR) is 64.6 cm³/mol. The Balaban J connectivity index is 2.97. The van der Waals surface area contributed by atoms with Crippen molar-refractivity contribution in [2.75, 3.05) is 0 Å². The lowest BCUT2D eigenvalue weighted by atomic mass is 9.94. The largest absolute Gasteiger partial charge is 0.386 e. The normalized spacial score (nSPS) is 13.5. The average Bonchev–Trinajstić information content (AvgIpc) is 2.61. The van der Waals surface area contributed by atoms with Gasteiger partial charge in [0.1, 0.15) is 0 Å². The number of rotatable bonds is 5. The average molecular weight is 275 g/mol. The van der Waals surface area contributed by atoms with Gasteiger partial charge in [-0.1, -0.05) is 26.7 Å². The molecule has 0 aliphatic heterocycles. The summed E-state index contributed by atoms with van der Waals surface area (Å²) in [6, 6.07) is 0. The van der Waals surface area contributed by atoms with E-state index in [9.17, 15) is 5.11 Å². The first-order valence-electron chi connectivity index (χ1n) is 5.54. The Morgan fingerprint density at radius 1 is 1.40 bits per heavy atom. The van der Waals surface area contributed by atoms with Gasteiger partial charge < -0.3 is 5.11 Å². The zero-order valence-electron chi connectivity index (χ0n) is 9.57. The maximum Gasteiger partial charge on any atom is 0.0995 e. The minimum atomic E-state index is -0.420. The molecule has 0 aromatic carbocycles. The Hall–Kier alpha value is -0.350. The number of halogens is 1. The van der Waals surface area contributed by atoms with Crippen molar-refractivity contribution in [3.8, 4) is 0 Å². The number of aromatic nitrogens is 2. The summed E-state index contributed by atoms with van der Waals surface area (Å²) in [5.41, 5.74) is 0.909. The number of hydrogen-bond acceptors (Lipinski definition) is 2. The van der Waals surface area contributed by atoms with E-state index < -0.39 is 6.10 Å². The molecule has 1 aromatic heterocycles. The molecule has 0 aliphatic rings. The summed E-state index contributed by atoms with van der Waals surface area (Å²) >= 11 is 3.44. The van der Waals surface area contributed by atoms with Crippen LogP contribution in [-0.2, 0) is 6.54 Å². The summed E-state index contributed by atoms with van der Waals surface area (Å²) in [5, 5.41) is 14.5. The second kappa shape index (κ2) is 5.66. The molecule has 0 fully saturated rings. The lowest BCUT2D eigenvalue weighted by Crippen LogP contribution is -2.16. The van der Waals surface area contributed by atoms with Crippen LogP contribution in [0.5, 0.6) is 0 Å². The van der Waals surface area contributed by atoms with Gasteiger partial charge in [0.2, 0.25) is 0 Å². The molecule has 0 radical (unpaired) electrons. The third kappa shape index (κ3) is 2.61. The predicted octanol–water partition coefficient (Wildman–Crippen LogP) is 3.14. The van der Waals surface area contributed by atoms with E-state index in [0.29, 0.717) is 5.92 Å². The van der Waals surface area contributed by atoms with Crippen LogP contribution in [0.2, 0.25) is 0 Å². The molecule has 0 aliphatic carbocycles. The summed E-state index contributed by atoms with van der Waals surface area (Å²) in [4.78, 5) is 0. The van der Waals surface area contributed by atoms with E-state index in [1.165, 1.54) is 0 Å². The van der Waals surface area contributed by atoms with Gasteiger partial charge in [-0.25, -0.2) is 0 Å². The quantitative estimate of drug-likeness (QED) is 0.896. The SMILES string of the molecule is CCC(CC)C(O)c1c(Br)cnn1CC. The number of aliphatic hydroxyl groups excluding tert-OH is 1. The van der Waals surface area contributed by atoms with E-state index in [0.717, 1.165) is 29.6 Å². The molecule has 1 atom stereocenters. The molecule has 0 saturated carbocycles. The summed E-state index contributed by atoms with van der Waals surface area (Å²) in [6.45, 7) is 7.04. The van der Waals surface area contributed by atoms with Crippen LogP contribution in [0.3, 0.4) is 0 Å². The molecular formula is C11H19BrN2O. The molecule has 1 unspecified atom stereocenters. The highest BCUT2D eigenvalue weighted by Crippen LogP contribution is 2.31. The zero-order chi connectivity index (χ0) is 11.4. The Bertz CT molecular complexity index is 308. The van der Waals surface area contributed by atoms with Gasteiger partial charge in [0.25, 0.3) is 0 Å². The molecule has 1 N–H and O–H groups in total. The van der Waals surface area contributed by atoms with E-state index in [-0.39, 0.29) is 0 Å². The highest BCUT2D eigenvalue weighted by atomic mass is 79.9. The molecule has 1 aromatic rings. The molecule has 86 valence electrons. The molecule has 0 amide bonds. The lowest BCUT2D eigenvalue weighted by Gasteiger charge is -2.21. The fourth-order valence-electron chi connectivity index (χ4n) is 1.88. The van der Waals surface area contributed by atoms with Gasteiger partial charge in [-0.05, 0) is 28.8 Å². The molecule has 15 heavy (non-hydrogen) atoms. The smallest absolute Gasteiger partial charge is 0.0995 e. The summed E-state index contributed by atoms with van der Waals surface area (Å²) in [7, 11) is 0. The standard InChI is InChI=1S/C11H19BrN2O/c1-4-8(5-2)11(15)10-9(12)7-13-14(10)6-3/h7-8,11,15H,4-6H2,1-3H3. The van der Waals surface area contributed by atoms with E-state index in [1.54, 1.807) is 6.20 Å². The van der Waals surface area contributed by atoms with Gasteiger partial charge in [0.05, 0.1) is 22.5 Å². The van der Waals surface area contributed by atoms with Crippen LogP contribution >= 0.6 is 15.9 Å². The highest BCUT2D eigenvalue weighted by Gasteiger charge is 2.23. The van der Waals surface area contributed by atoms with Gasteiger partial charge in [0, 0.05) is 6.54 Å². The lowest BCUT2D eigenvalue weighted by molar-refractivity contribution is 0.0936. The Morgan fingerprint density at radius 2 is 2.00 bits per heavy atom. The minimum Gasteiger partial charge on any atom is -0.386 e. The van der Waals surface area contributed by atoms with E-state index in [1.807, 2.05) is 11.6 Å². The third-order valence-electron chi connectivity index (χ3n) is 2.91. The van der Waals surface area contributed by atoms with Crippen molar-refractivity contribution in [2.45, 2.75) is 46.3 Å². The van der Waals surface area contributed by atoms with Crippen LogP contribution in [-0.4, -0.2) is 14.9 Å². The molecule has 3 nitrogen and oxygen atoms in total. The van der Waals surface area contributed by atoms with E-state index >= 15 is 0 Å². The molecule has 1 heterocycles. The van der Waals surface area contributed by atoms with Crippen LogP contribution in [0.4, 0.5) is 0 Å². The van der Waals surface area contributed by atoms with Crippen LogP contribution in [0, 0.1) is 5.92 Å². The van der Waals surface area contributed by atoms with Gasteiger partial charge in [-0.2, -0.15) is 5.10 Å². The molecule has 0 bridgehead atoms. The van der Waals surface area contributed by atoms with Crippen molar-refractivity contribution in [1.82, 2.24) is 9.78 Å². The maximum absolute atomic E-state index is 10.3. The van der Waals surface area contributed by atoms with Crippen molar-refractivity contribution < 1.29 is 5.11 Å². The van der Waals surface area contributed by atoms with Crippen LogP contribution in [0.1, 0.15) is 45.4 Å². The summed E-state index contributed by atoms with van der Waals surface area (Å²) < 4.78 is 2.76. The summed E-state index contributed by atoms with van der Waals surface area (Å²) in [5.74, 6) is 0.309. The van der Waals surface area contributed by atoms with Crippen molar-refractivity contribution in [1.29, 1.82) is 0 Å². The van der Waals surface area contributed by atoms with Gasteiger partial charge in [-0.15, -0.1) is 0 Å². The second-order valence-corrected chi connectivity index (χ2v) is 4.57. The molecular weight excluding hydrogens is 256 g/mol. The highest BCUT2D eigenvalue weighted by molar-refractivity contribution is 9.10. The van der Waals surface area contributed by atoms with Gasteiger partial charge in [0.15, 0.2) is 0 Å². The first-order chi connectivity index (χ1) is 7.15. The Morgan fingerprint density at radius 3 is 2.47 bits per heavy atom. The van der Waals surface area contributed by atoms with Crippen LogP contribution in [0.15, 0.2) is 10.7 Å². The van der Waals surface area contributed by atoms with Gasteiger partial charge in [-0.3, -0.25) is 4.68 Å². The van der Waals surface area contributed by atoms with Gasteiger partial charge >= 0.3 is 0 Å². The number of hydrogen-bond donors (Lipinski definition) is 1. The topological polar surface area (TPSA) is 38.1 Å². The van der Waals surface area contributed by atoms with Crippen molar-refractivity contribution in [3.05, 3.63) is 16.4 Å². The molecule has 4 heteroatoms. The molecule has 0 spiro atoms. The minimum absolute atomic E-state index is 0.309. The van der Waals surface area contributed by atoms with Crippen LogP contribution < -0.4 is 0 Å². The maximum atomic E-state index is 10.3. The number of nitrogens with zero attached hydrogens (tertiary/aromatic N) is 2. The first-order valence-corrected chi connectivity index (χ1v) is 6.34. The van der Waals surface area contributed by atoms with E-state index in [4.69, 9.17) is 0 Å².